The molecule has 4 rings (SSSR count). The van der Waals surface area contributed by atoms with Crippen LogP contribution >= 0.6 is 0 Å². The number of aryl methyl sites for hydroxylation is 2. The Kier molecular flexibility index (Phi) is 6.27. The molecule has 0 fully saturated rings. The summed E-state index contributed by atoms with van der Waals surface area (Å²) in [6.45, 7) is 4.16. The summed E-state index contributed by atoms with van der Waals surface area (Å²) in [4.78, 5) is 28.1. The number of benzene rings is 3. The number of hydrogen-bond acceptors (Lipinski definition) is 4. The molecule has 0 bridgehead atoms. The van der Waals surface area contributed by atoms with Crippen LogP contribution in [-0.4, -0.2) is 30.4 Å². The number of halogens is 1. The van der Waals surface area contributed by atoms with Gasteiger partial charge < -0.3 is 10.1 Å². The summed E-state index contributed by atoms with van der Waals surface area (Å²) < 4.78 is 18.6. The van der Waals surface area contributed by atoms with Crippen LogP contribution in [-0.2, 0) is 16.0 Å². The zero-order chi connectivity index (χ0) is 23.5. The van der Waals surface area contributed by atoms with Gasteiger partial charge in [0.2, 0.25) is 0 Å². The lowest BCUT2D eigenvalue weighted by Gasteiger charge is -2.16. The first-order valence-corrected chi connectivity index (χ1v) is 10.7. The summed E-state index contributed by atoms with van der Waals surface area (Å²) in [6.07, 6.45) is 0.430. The van der Waals surface area contributed by atoms with Gasteiger partial charge in [-0.1, -0.05) is 42.5 Å². The molecular formula is C27H25FN2O3. The van der Waals surface area contributed by atoms with Crippen molar-refractivity contribution in [3.05, 3.63) is 100 Å². The number of hydrogen-bond donors (Lipinski definition) is 1. The minimum Gasteiger partial charge on any atom is -0.495 e. The summed E-state index contributed by atoms with van der Waals surface area (Å²) >= 11 is 0. The number of anilines is 1. The average Bonchev–Trinajstić information content (AvgIpc) is 3.04. The Morgan fingerprint density at radius 3 is 2.33 bits per heavy atom. The molecule has 0 aromatic heterocycles. The van der Waals surface area contributed by atoms with E-state index in [1.807, 2.05) is 44.2 Å². The molecule has 2 amide bonds. The van der Waals surface area contributed by atoms with E-state index in [1.54, 1.807) is 31.4 Å². The average molecular weight is 445 g/mol. The van der Waals surface area contributed by atoms with Gasteiger partial charge in [-0.05, 0) is 66.8 Å². The van der Waals surface area contributed by atoms with Gasteiger partial charge in [0, 0.05) is 6.54 Å². The highest BCUT2D eigenvalue weighted by Crippen LogP contribution is 2.34. The molecule has 0 aliphatic carbocycles. The molecule has 1 heterocycles. The van der Waals surface area contributed by atoms with Gasteiger partial charge in [-0.3, -0.25) is 14.5 Å². The van der Waals surface area contributed by atoms with Gasteiger partial charge in [-0.2, -0.15) is 0 Å². The van der Waals surface area contributed by atoms with Gasteiger partial charge in [0.1, 0.15) is 17.3 Å². The number of rotatable bonds is 7. The van der Waals surface area contributed by atoms with Crippen LogP contribution in [0, 0.1) is 19.7 Å². The van der Waals surface area contributed by atoms with E-state index in [1.165, 1.54) is 17.0 Å². The molecular weight excluding hydrogens is 419 g/mol. The van der Waals surface area contributed by atoms with Gasteiger partial charge >= 0.3 is 0 Å². The summed E-state index contributed by atoms with van der Waals surface area (Å²) in [5, 5.41) is 3.15. The number of methoxy groups -OCH3 is 1. The molecule has 0 saturated heterocycles. The summed E-state index contributed by atoms with van der Waals surface area (Å²) in [7, 11) is 1.55. The van der Waals surface area contributed by atoms with Crippen LogP contribution in [0.15, 0.2) is 72.4 Å². The largest absolute Gasteiger partial charge is 0.495 e. The van der Waals surface area contributed by atoms with E-state index < -0.39 is 5.91 Å². The van der Waals surface area contributed by atoms with E-state index in [0.717, 1.165) is 16.7 Å². The van der Waals surface area contributed by atoms with E-state index >= 15 is 0 Å². The monoisotopic (exact) mass is 444 g/mol. The fraction of sp³-hybridized carbons (Fsp3) is 0.185. The lowest BCUT2D eigenvalue weighted by Crippen LogP contribution is -2.34. The number of carbonyl (C=O) groups is 2. The number of para-hydroxylation sites is 2. The van der Waals surface area contributed by atoms with E-state index in [4.69, 9.17) is 4.74 Å². The Bertz CT molecular complexity index is 1250. The van der Waals surface area contributed by atoms with Crippen molar-refractivity contribution >= 4 is 23.1 Å². The van der Waals surface area contributed by atoms with Crippen LogP contribution in [0.5, 0.6) is 5.75 Å². The number of imide groups is 1. The van der Waals surface area contributed by atoms with Crippen molar-refractivity contribution in [1.82, 2.24) is 4.90 Å². The standard InChI is InChI=1S/C27H25FN2O3/c1-17-8-11-20(16-18(17)2)24-25(29-22-6-4-5-7-23(22)33-3)27(32)30(26(24)31)15-14-19-9-12-21(28)13-10-19/h4-13,16,29H,14-15H2,1-3H3. The van der Waals surface area contributed by atoms with Crippen LogP contribution in [0.4, 0.5) is 10.1 Å². The summed E-state index contributed by atoms with van der Waals surface area (Å²) in [6, 6.07) is 19.0. The van der Waals surface area contributed by atoms with Crippen molar-refractivity contribution in [3.8, 4) is 5.75 Å². The van der Waals surface area contributed by atoms with Crippen LogP contribution in [0.2, 0.25) is 0 Å². The molecule has 1 aliphatic heterocycles. The minimum atomic E-state index is -0.402. The minimum absolute atomic E-state index is 0.189. The topological polar surface area (TPSA) is 58.6 Å². The molecule has 0 radical (unpaired) electrons. The highest BCUT2D eigenvalue weighted by molar-refractivity contribution is 6.36. The number of amides is 2. The quantitative estimate of drug-likeness (QED) is 0.528. The number of nitrogens with zero attached hydrogens (tertiary/aromatic N) is 1. The molecule has 3 aromatic carbocycles. The Hall–Kier alpha value is -3.93. The van der Waals surface area contributed by atoms with Crippen molar-refractivity contribution in [2.75, 3.05) is 19.0 Å². The van der Waals surface area contributed by atoms with Crippen molar-refractivity contribution in [2.24, 2.45) is 0 Å². The first kappa shape index (κ1) is 22.3. The third kappa shape index (κ3) is 4.51. The second kappa shape index (κ2) is 9.28. The fourth-order valence-electron chi connectivity index (χ4n) is 3.83. The first-order chi connectivity index (χ1) is 15.9. The Morgan fingerprint density at radius 2 is 1.64 bits per heavy atom. The molecule has 0 unspecified atom stereocenters. The molecule has 1 aliphatic rings. The maximum absolute atomic E-state index is 13.5. The van der Waals surface area contributed by atoms with Gasteiger partial charge in [-0.25, -0.2) is 4.39 Å². The molecule has 0 spiro atoms. The normalized spacial score (nSPS) is 13.6. The van der Waals surface area contributed by atoms with E-state index in [9.17, 15) is 14.0 Å². The second-order valence-corrected chi connectivity index (χ2v) is 8.01. The molecule has 0 atom stereocenters. The van der Waals surface area contributed by atoms with Gasteiger partial charge in [0.25, 0.3) is 11.8 Å². The molecule has 1 N–H and O–H groups in total. The smallest absolute Gasteiger partial charge is 0.278 e. The lowest BCUT2D eigenvalue weighted by molar-refractivity contribution is -0.136. The third-order valence-electron chi connectivity index (χ3n) is 5.87. The van der Waals surface area contributed by atoms with Gasteiger partial charge in [-0.15, -0.1) is 0 Å². The zero-order valence-corrected chi connectivity index (χ0v) is 18.8. The summed E-state index contributed by atoms with van der Waals surface area (Å²) in [5.41, 5.74) is 4.79. The maximum Gasteiger partial charge on any atom is 0.278 e. The van der Waals surface area contributed by atoms with Gasteiger partial charge in [0.05, 0.1) is 18.4 Å². The fourth-order valence-corrected chi connectivity index (χ4v) is 3.83. The SMILES string of the molecule is COc1ccccc1NC1=C(c2ccc(C)c(C)c2)C(=O)N(CCc2ccc(F)cc2)C1=O. The highest BCUT2D eigenvalue weighted by atomic mass is 19.1. The number of nitrogens with one attached hydrogen (secondary N) is 1. The lowest BCUT2D eigenvalue weighted by atomic mass is 9.99. The molecule has 0 saturated carbocycles. The van der Waals surface area contributed by atoms with E-state index in [2.05, 4.69) is 5.32 Å². The summed E-state index contributed by atoms with van der Waals surface area (Å²) in [5.74, 6) is -0.521. The van der Waals surface area contributed by atoms with Crippen LogP contribution in [0.1, 0.15) is 22.3 Å². The molecule has 3 aromatic rings. The van der Waals surface area contributed by atoms with Crippen molar-refractivity contribution in [1.29, 1.82) is 0 Å². The first-order valence-electron chi connectivity index (χ1n) is 10.7. The van der Waals surface area contributed by atoms with Crippen LogP contribution in [0.3, 0.4) is 0 Å². The maximum atomic E-state index is 13.5. The highest BCUT2D eigenvalue weighted by Gasteiger charge is 2.39. The third-order valence-corrected chi connectivity index (χ3v) is 5.87. The van der Waals surface area contributed by atoms with Crippen LogP contribution in [0.25, 0.3) is 5.57 Å². The Labute approximate surface area is 192 Å². The molecule has 33 heavy (non-hydrogen) atoms. The van der Waals surface area contributed by atoms with Crippen molar-refractivity contribution in [3.63, 3.8) is 0 Å². The zero-order valence-electron chi connectivity index (χ0n) is 18.8. The predicted molar refractivity (Wildman–Crippen MR) is 126 cm³/mol. The predicted octanol–water partition coefficient (Wildman–Crippen LogP) is 4.89. The molecule has 6 heteroatoms. The second-order valence-electron chi connectivity index (χ2n) is 8.01. The van der Waals surface area contributed by atoms with Gasteiger partial charge in [0.15, 0.2) is 0 Å². The Morgan fingerprint density at radius 1 is 0.909 bits per heavy atom. The van der Waals surface area contributed by atoms with Crippen molar-refractivity contribution < 1.29 is 18.7 Å². The Balaban J connectivity index is 1.70. The van der Waals surface area contributed by atoms with Crippen LogP contribution < -0.4 is 10.1 Å². The number of ether oxygens (including phenoxy) is 1. The van der Waals surface area contributed by atoms with Crippen molar-refractivity contribution in [2.45, 2.75) is 20.3 Å². The number of carbonyl (C=O) groups excluding carboxylic acids is 2. The molecule has 168 valence electrons. The molecule has 5 nitrogen and oxygen atoms in total. The van der Waals surface area contributed by atoms with E-state index in [-0.39, 0.29) is 24.0 Å². The van der Waals surface area contributed by atoms with E-state index in [0.29, 0.717) is 29.0 Å².